The fraction of sp³-hybridized carbons (Fsp3) is 0.0500. The summed E-state index contributed by atoms with van der Waals surface area (Å²) in [7, 11) is -2.37. The Hall–Kier alpha value is -1.58. The van der Waals surface area contributed by atoms with Crippen LogP contribution in [0.4, 0.5) is 0 Å². The molecule has 23 heavy (non-hydrogen) atoms. The van der Waals surface area contributed by atoms with E-state index in [9.17, 15) is 4.79 Å². The molecule has 1 nitrogen and oxygen atoms in total. The van der Waals surface area contributed by atoms with Crippen molar-refractivity contribution in [2.45, 2.75) is 0 Å². The fourth-order valence-corrected chi connectivity index (χ4v) is 8.68. The standard InChI is InChI=1S/C20H18OP.Pd/c21-16-17-22(18-10-4-1-5-11-18,19-12-6-2-7-13-19)20-14-8-3-9-15-20;/h1-15,22H,17H2;. The van der Waals surface area contributed by atoms with Crippen LogP contribution in [-0.4, -0.2) is 10.4 Å². The van der Waals surface area contributed by atoms with E-state index in [1.165, 1.54) is 15.9 Å². The summed E-state index contributed by atoms with van der Waals surface area (Å²) in [5.41, 5.74) is 0. The average Bonchev–Trinajstić information content (AvgIpc) is 2.62. The molecule has 0 N–H and O–H groups in total. The molecule has 0 saturated heterocycles. The van der Waals surface area contributed by atoms with E-state index in [2.05, 4.69) is 92.0 Å². The van der Waals surface area contributed by atoms with Crippen molar-refractivity contribution in [3.63, 3.8) is 0 Å². The van der Waals surface area contributed by atoms with E-state index in [0.717, 1.165) is 0 Å². The molecule has 3 rings (SSSR count). The summed E-state index contributed by atoms with van der Waals surface area (Å²) < 4.78 is 0.0937. The summed E-state index contributed by atoms with van der Waals surface area (Å²) in [6, 6.07) is 31.4. The van der Waals surface area contributed by atoms with Gasteiger partial charge in [-0.25, -0.2) is 0 Å². The Morgan fingerprint density at radius 1 is 0.652 bits per heavy atom. The molecule has 0 aliphatic carbocycles. The van der Waals surface area contributed by atoms with Crippen LogP contribution in [-0.2, 0) is 24.0 Å². The number of hydrogen-bond acceptors (Lipinski definition) is 1. The van der Waals surface area contributed by atoms with Crippen LogP contribution < -0.4 is 15.9 Å². The number of hydrogen-bond donors (Lipinski definition) is 0. The van der Waals surface area contributed by atoms with Crippen molar-refractivity contribution >= 4 is 27.4 Å². The maximum atomic E-state index is 12.1. The van der Waals surface area contributed by atoms with Crippen LogP contribution in [0.5, 0.6) is 0 Å². The fourth-order valence-electron chi connectivity index (χ4n) is 3.17. The van der Waals surface area contributed by atoms with Crippen LogP contribution in [0, 0.1) is 0 Å². The zero-order chi connectivity index (χ0) is 16.1. The normalized spacial score (nSPS) is 11.9. The minimum atomic E-state index is -2.37. The SMILES string of the molecule is O=[C]([Pd])C[PH](c1ccccc1)(c1ccccc1)c1ccccc1. The molecule has 3 aromatic carbocycles. The van der Waals surface area contributed by atoms with E-state index in [4.69, 9.17) is 0 Å². The van der Waals surface area contributed by atoms with Crippen LogP contribution in [0.1, 0.15) is 0 Å². The molecule has 0 atom stereocenters. The zero-order valence-corrected chi connectivity index (χ0v) is 15.1. The number of benzene rings is 3. The summed E-state index contributed by atoms with van der Waals surface area (Å²) in [6.07, 6.45) is 0.522. The molecule has 119 valence electrons. The van der Waals surface area contributed by atoms with E-state index in [0.29, 0.717) is 6.16 Å². The maximum absolute atomic E-state index is 12.1. The van der Waals surface area contributed by atoms with Crippen molar-refractivity contribution in [3.05, 3.63) is 91.0 Å². The quantitative estimate of drug-likeness (QED) is 0.466. The first kappa shape index (κ1) is 16.3. The third-order valence-electron chi connectivity index (χ3n) is 4.19. The van der Waals surface area contributed by atoms with E-state index >= 15 is 0 Å². The number of carbonyl (C=O) groups is 1. The van der Waals surface area contributed by atoms with Crippen molar-refractivity contribution in [2.24, 2.45) is 0 Å². The summed E-state index contributed by atoms with van der Waals surface area (Å²) in [6.45, 7) is 0. The molecule has 3 aromatic rings. The van der Waals surface area contributed by atoms with Crippen LogP contribution in [0.25, 0.3) is 0 Å². The second-order valence-electron chi connectivity index (χ2n) is 5.50. The van der Waals surface area contributed by atoms with Gasteiger partial charge in [0, 0.05) is 0 Å². The second kappa shape index (κ2) is 7.33. The van der Waals surface area contributed by atoms with Gasteiger partial charge in [-0.3, -0.25) is 0 Å². The Kier molecular flexibility index (Phi) is 5.19. The van der Waals surface area contributed by atoms with Crippen LogP contribution in [0.2, 0.25) is 0 Å². The Morgan fingerprint density at radius 2 is 0.957 bits per heavy atom. The van der Waals surface area contributed by atoms with Crippen LogP contribution in [0.3, 0.4) is 0 Å². The van der Waals surface area contributed by atoms with Gasteiger partial charge in [-0.1, -0.05) is 0 Å². The van der Waals surface area contributed by atoms with Gasteiger partial charge >= 0.3 is 149 Å². The van der Waals surface area contributed by atoms with Crippen molar-refractivity contribution in [1.29, 1.82) is 0 Å². The Morgan fingerprint density at radius 3 is 1.22 bits per heavy atom. The molecule has 0 unspecified atom stereocenters. The predicted octanol–water partition coefficient (Wildman–Crippen LogP) is 2.79. The average molecular weight is 412 g/mol. The molecular weight excluding hydrogens is 394 g/mol. The number of rotatable bonds is 5. The molecule has 0 bridgehead atoms. The van der Waals surface area contributed by atoms with Crippen molar-refractivity contribution < 1.29 is 24.0 Å². The molecule has 0 spiro atoms. The topological polar surface area (TPSA) is 17.1 Å². The first-order valence-corrected chi connectivity index (χ1v) is 10.5. The van der Waals surface area contributed by atoms with Gasteiger partial charge in [0.2, 0.25) is 0 Å². The molecule has 3 heteroatoms. The van der Waals surface area contributed by atoms with E-state index < -0.39 is 7.26 Å². The summed E-state index contributed by atoms with van der Waals surface area (Å²) >= 11 is 2.90. The van der Waals surface area contributed by atoms with Crippen molar-refractivity contribution in [1.82, 2.24) is 0 Å². The van der Waals surface area contributed by atoms with E-state index in [1.807, 2.05) is 18.2 Å². The Balaban J connectivity index is 2.32. The van der Waals surface area contributed by atoms with E-state index in [-0.39, 0.29) is 4.26 Å². The van der Waals surface area contributed by atoms with Gasteiger partial charge in [0.25, 0.3) is 0 Å². The van der Waals surface area contributed by atoms with Gasteiger partial charge in [0.1, 0.15) is 0 Å². The van der Waals surface area contributed by atoms with Gasteiger partial charge in [-0.2, -0.15) is 0 Å². The molecule has 0 heterocycles. The summed E-state index contributed by atoms with van der Waals surface area (Å²) in [5.74, 6) is 0. The zero-order valence-electron chi connectivity index (χ0n) is 12.6. The van der Waals surface area contributed by atoms with Gasteiger partial charge < -0.3 is 0 Å². The Labute approximate surface area is 148 Å². The van der Waals surface area contributed by atoms with Crippen molar-refractivity contribution in [3.8, 4) is 0 Å². The summed E-state index contributed by atoms with van der Waals surface area (Å²) in [4.78, 5) is 12.1. The van der Waals surface area contributed by atoms with Crippen molar-refractivity contribution in [2.75, 3.05) is 6.16 Å². The van der Waals surface area contributed by atoms with Gasteiger partial charge in [-0.15, -0.1) is 0 Å². The van der Waals surface area contributed by atoms with Crippen LogP contribution >= 0.6 is 7.26 Å². The molecule has 0 aliphatic heterocycles. The molecule has 0 aliphatic rings. The van der Waals surface area contributed by atoms with E-state index in [1.54, 1.807) is 0 Å². The first-order chi connectivity index (χ1) is 11.2. The number of carbonyl (C=O) groups excluding carboxylic acids is 1. The third-order valence-corrected chi connectivity index (χ3v) is 9.76. The monoisotopic (exact) mass is 411 g/mol. The molecule has 0 saturated carbocycles. The molecule has 0 fully saturated rings. The van der Waals surface area contributed by atoms with Gasteiger partial charge in [0.05, 0.1) is 0 Å². The minimum absolute atomic E-state index is 0.0937. The third kappa shape index (κ3) is 3.36. The van der Waals surface area contributed by atoms with Gasteiger partial charge in [0.15, 0.2) is 0 Å². The molecule has 0 radical (unpaired) electrons. The molecule has 0 amide bonds. The molecular formula is C20H18OPPd. The first-order valence-electron chi connectivity index (χ1n) is 7.55. The summed E-state index contributed by atoms with van der Waals surface area (Å²) in [5, 5.41) is 3.78. The predicted molar refractivity (Wildman–Crippen MR) is 96.4 cm³/mol. The molecule has 0 aromatic heterocycles. The van der Waals surface area contributed by atoms with Crippen LogP contribution in [0.15, 0.2) is 91.0 Å². The Bertz CT molecular complexity index is 676. The van der Waals surface area contributed by atoms with Gasteiger partial charge in [-0.05, 0) is 0 Å². The second-order valence-corrected chi connectivity index (χ2v) is 10.3.